The zero-order valence-corrected chi connectivity index (χ0v) is 15.9. The highest BCUT2D eigenvalue weighted by Crippen LogP contribution is 2.61. The van der Waals surface area contributed by atoms with Crippen molar-refractivity contribution >= 4 is 24.3 Å². The molecule has 2 fully saturated rings. The summed E-state index contributed by atoms with van der Waals surface area (Å²) in [6, 6.07) is 16.7. The minimum absolute atomic E-state index is 0. The van der Waals surface area contributed by atoms with Crippen LogP contribution in [0, 0.1) is 17.8 Å². The molecule has 2 aromatic carbocycles. The van der Waals surface area contributed by atoms with Gasteiger partial charge in [0.1, 0.15) is 23.6 Å². The monoisotopic (exact) mass is 403 g/mol. The van der Waals surface area contributed by atoms with Gasteiger partial charge in [-0.3, -0.25) is 9.59 Å². The van der Waals surface area contributed by atoms with E-state index in [9.17, 15) is 14.7 Å². The minimum atomic E-state index is -1.19. The van der Waals surface area contributed by atoms with Gasteiger partial charge in [-0.1, -0.05) is 30.3 Å². The number of carbonyl (C=O) groups is 2. The number of nitrogens with two attached hydrogens (primary N) is 1. The maximum Gasteiger partial charge on any atom is 0.326 e. The van der Waals surface area contributed by atoms with Crippen molar-refractivity contribution in [2.45, 2.75) is 25.0 Å². The summed E-state index contributed by atoms with van der Waals surface area (Å²) in [4.78, 5) is 23.8. The van der Waals surface area contributed by atoms with Gasteiger partial charge >= 0.3 is 11.9 Å². The average Bonchev–Trinajstić information content (AvgIpc) is 3.32. The van der Waals surface area contributed by atoms with Gasteiger partial charge in [-0.15, -0.1) is 12.4 Å². The Morgan fingerprint density at radius 3 is 2.50 bits per heavy atom. The number of halogens is 1. The van der Waals surface area contributed by atoms with Gasteiger partial charge in [-0.25, -0.2) is 0 Å². The van der Waals surface area contributed by atoms with Crippen molar-refractivity contribution < 1.29 is 24.2 Å². The first-order valence-electron chi connectivity index (χ1n) is 9.00. The first kappa shape index (κ1) is 20.2. The van der Waals surface area contributed by atoms with E-state index in [2.05, 4.69) is 0 Å². The summed E-state index contributed by atoms with van der Waals surface area (Å²) in [6.07, 6.45) is 1.13. The number of aliphatic carboxylic acids is 1. The molecule has 0 aromatic heterocycles. The van der Waals surface area contributed by atoms with Crippen LogP contribution in [0.5, 0.6) is 11.5 Å². The summed E-state index contributed by atoms with van der Waals surface area (Å²) in [5.41, 5.74) is 5.84. The van der Waals surface area contributed by atoms with E-state index < -0.39 is 23.4 Å². The summed E-state index contributed by atoms with van der Waals surface area (Å²) in [5.74, 6) is -0.854. The van der Waals surface area contributed by atoms with Gasteiger partial charge in [0.05, 0.1) is 5.92 Å². The lowest BCUT2D eigenvalue weighted by Crippen LogP contribution is -2.50. The van der Waals surface area contributed by atoms with Gasteiger partial charge in [0, 0.05) is 5.92 Å². The predicted molar refractivity (Wildman–Crippen MR) is 104 cm³/mol. The first-order valence-corrected chi connectivity index (χ1v) is 9.00. The summed E-state index contributed by atoms with van der Waals surface area (Å²) in [5, 5.41) is 9.21. The third-order valence-electron chi connectivity index (χ3n) is 5.57. The van der Waals surface area contributed by atoms with Crippen LogP contribution < -0.4 is 10.5 Å². The summed E-state index contributed by atoms with van der Waals surface area (Å²) >= 11 is 0. The van der Waals surface area contributed by atoms with Crippen LogP contribution in [0.4, 0.5) is 0 Å². The van der Waals surface area contributed by atoms with Crippen LogP contribution in [0.2, 0.25) is 0 Å². The largest absolute Gasteiger partial charge is 0.481 e. The molecule has 7 heteroatoms. The smallest absolute Gasteiger partial charge is 0.326 e. The van der Waals surface area contributed by atoms with E-state index in [1.807, 2.05) is 48.5 Å². The lowest BCUT2D eigenvalue weighted by Gasteiger charge is -2.24. The van der Waals surface area contributed by atoms with Crippen molar-refractivity contribution in [2.24, 2.45) is 23.5 Å². The van der Waals surface area contributed by atoms with E-state index in [1.54, 1.807) is 6.07 Å². The standard InChI is InChI=1S/C21H21NO5.ClH/c22-21(10-9-16-17(18(16)21)19(23)24)20(25)26-12-13-5-4-8-15(11-13)27-14-6-2-1-3-7-14;/h1-8,11,16-18H,9-10,12,22H2,(H,23,24);1H/t16-,17-,18-,21-;/m0./s1. The number of fused-ring (bicyclic) bond motifs is 1. The molecule has 148 valence electrons. The molecule has 0 amide bonds. The quantitative estimate of drug-likeness (QED) is 0.717. The molecular formula is C21H22ClNO5. The van der Waals surface area contributed by atoms with Gasteiger partial charge < -0.3 is 20.3 Å². The van der Waals surface area contributed by atoms with Crippen molar-refractivity contribution in [1.29, 1.82) is 0 Å². The second-order valence-electron chi connectivity index (χ2n) is 7.27. The van der Waals surface area contributed by atoms with Gasteiger partial charge in [0.2, 0.25) is 0 Å². The van der Waals surface area contributed by atoms with Crippen LogP contribution in [0.3, 0.4) is 0 Å². The molecule has 0 heterocycles. The summed E-state index contributed by atoms with van der Waals surface area (Å²) in [6.45, 7) is 0.0684. The van der Waals surface area contributed by atoms with E-state index in [0.717, 1.165) is 11.3 Å². The molecule has 4 rings (SSSR count). The van der Waals surface area contributed by atoms with Crippen LogP contribution >= 0.6 is 12.4 Å². The molecule has 0 radical (unpaired) electrons. The van der Waals surface area contributed by atoms with Crippen molar-refractivity contribution in [3.63, 3.8) is 0 Å². The Morgan fingerprint density at radius 1 is 1.11 bits per heavy atom. The van der Waals surface area contributed by atoms with Crippen molar-refractivity contribution in [1.82, 2.24) is 0 Å². The molecule has 0 spiro atoms. The number of esters is 1. The number of hydrogen-bond acceptors (Lipinski definition) is 5. The molecule has 6 nitrogen and oxygen atoms in total. The Hall–Kier alpha value is -2.57. The molecule has 0 unspecified atom stereocenters. The highest BCUT2D eigenvalue weighted by molar-refractivity contribution is 5.86. The fourth-order valence-corrected chi connectivity index (χ4v) is 4.19. The van der Waals surface area contributed by atoms with E-state index >= 15 is 0 Å². The molecule has 2 aliphatic carbocycles. The highest BCUT2D eigenvalue weighted by atomic mass is 35.5. The first-order chi connectivity index (χ1) is 13.0. The number of carboxylic acids is 1. The lowest BCUT2D eigenvalue weighted by molar-refractivity contribution is -0.153. The number of hydrogen-bond donors (Lipinski definition) is 2. The Morgan fingerprint density at radius 2 is 1.82 bits per heavy atom. The van der Waals surface area contributed by atoms with E-state index in [-0.39, 0.29) is 30.8 Å². The van der Waals surface area contributed by atoms with Crippen LogP contribution in [0.1, 0.15) is 18.4 Å². The topological polar surface area (TPSA) is 98.9 Å². The molecule has 2 aliphatic rings. The van der Waals surface area contributed by atoms with Crippen LogP contribution in [0.25, 0.3) is 0 Å². The molecule has 0 aliphatic heterocycles. The normalized spacial score (nSPS) is 27.2. The second kappa shape index (κ2) is 7.81. The van der Waals surface area contributed by atoms with Crippen molar-refractivity contribution in [2.75, 3.05) is 0 Å². The number of rotatable bonds is 6. The predicted octanol–water partition coefficient (Wildman–Crippen LogP) is 3.38. The average molecular weight is 404 g/mol. The molecular weight excluding hydrogens is 382 g/mol. The number of carbonyl (C=O) groups excluding carboxylic acids is 1. The maximum absolute atomic E-state index is 12.6. The summed E-state index contributed by atoms with van der Waals surface area (Å²) < 4.78 is 11.2. The van der Waals surface area contributed by atoms with E-state index in [1.165, 1.54) is 0 Å². The molecule has 2 aromatic rings. The minimum Gasteiger partial charge on any atom is -0.481 e. The van der Waals surface area contributed by atoms with Gasteiger partial charge in [-0.05, 0) is 48.6 Å². The SMILES string of the molecule is Cl.N[C@@]1(C(=O)OCc2cccc(Oc3ccccc3)c2)CC[C@H]2[C@H](C(=O)O)[C@H]21. The van der Waals surface area contributed by atoms with Crippen LogP contribution in [0.15, 0.2) is 54.6 Å². The van der Waals surface area contributed by atoms with Gasteiger partial charge in [-0.2, -0.15) is 0 Å². The number of benzene rings is 2. The Bertz CT molecular complexity index is 874. The van der Waals surface area contributed by atoms with Gasteiger partial charge in [0.25, 0.3) is 0 Å². The third-order valence-corrected chi connectivity index (χ3v) is 5.57. The third kappa shape index (κ3) is 3.70. The zero-order chi connectivity index (χ0) is 19.0. The number of para-hydroxylation sites is 1. The highest BCUT2D eigenvalue weighted by Gasteiger charge is 2.70. The number of carboxylic acid groups (broad SMARTS) is 1. The Balaban J connectivity index is 0.00000225. The maximum atomic E-state index is 12.6. The summed E-state index contributed by atoms with van der Waals surface area (Å²) in [7, 11) is 0. The van der Waals surface area contributed by atoms with E-state index in [4.69, 9.17) is 15.2 Å². The lowest BCUT2D eigenvalue weighted by atomic mass is 9.91. The molecule has 3 N–H and O–H groups in total. The molecule has 0 bridgehead atoms. The van der Waals surface area contributed by atoms with Crippen LogP contribution in [-0.2, 0) is 20.9 Å². The number of ether oxygens (including phenoxy) is 2. The fraction of sp³-hybridized carbons (Fsp3) is 0.333. The molecule has 4 atom stereocenters. The van der Waals surface area contributed by atoms with Crippen LogP contribution in [-0.4, -0.2) is 22.6 Å². The van der Waals surface area contributed by atoms with E-state index in [0.29, 0.717) is 18.6 Å². The van der Waals surface area contributed by atoms with Crippen molar-refractivity contribution in [3.05, 3.63) is 60.2 Å². The Labute approximate surface area is 169 Å². The van der Waals surface area contributed by atoms with Gasteiger partial charge in [0.15, 0.2) is 0 Å². The zero-order valence-electron chi connectivity index (χ0n) is 15.1. The fourth-order valence-electron chi connectivity index (χ4n) is 4.19. The molecule has 28 heavy (non-hydrogen) atoms. The second-order valence-corrected chi connectivity index (χ2v) is 7.27. The molecule has 0 saturated heterocycles. The molecule has 2 saturated carbocycles. The Kier molecular flexibility index (Phi) is 5.63. The van der Waals surface area contributed by atoms with Crippen molar-refractivity contribution in [3.8, 4) is 11.5 Å².